The third-order valence-electron chi connectivity index (χ3n) is 6.05. The van der Waals surface area contributed by atoms with Crippen LogP contribution in [0.2, 0.25) is 0 Å². The molecule has 28 heavy (non-hydrogen) atoms. The molecule has 1 heterocycles. The zero-order chi connectivity index (χ0) is 21.1. The summed E-state index contributed by atoms with van der Waals surface area (Å²) >= 11 is 0. The number of carbonyl (C=O) groups is 2. The summed E-state index contributed by atoms with van der Waals surface area (Å²) in [5.74, 6) is -2.74. The first-order valence-corrected chi connectivity index (χ1v) is 10.2. The maximum Gasteiger partial charge on any atom is 0.248 e. The molecule has 2 atom stereocenters. The van der Waals surface area contributed by atoms with Gasteiger partial charge in [-0.2, -0.15) is 0 Å². The molecule has 0 unspecified atom stereocenters. The number of hydrogen-bond donors (Lipinski definition) is 1. The molecule has 0 aromatic carbocycles. The Morgan fingerprint density at radius 1 is 1.21 bits per heavy atom. The van der Waals surface area contributed by atoms with Gasteiger partial charge in [-0.3, -0.25) is 9.59 Å². The second kappa shape index (κ2) is 9.03. The highest BCUT2D eigenvalue weighted by Crippen LogP contribution is 2.38. The van der Waals surface area contributed by atoms with Gasteiger partial charge in [-0.25, -0.2) is 8.78 Å². The Labute approximate surface area is 166 Å². The standard InChI is InChI=1S/C20H35F2N3O3/c1-6-24(4)17(26)16-11-15(12-23-16)25(18(27)19(2,3)13-28-5)14-7-9-20(21,22)10-8-14/h14-16,23H,6-13H2,1-5H3/t15-,16-/m0/s1. The van der Waals surface area contributed by atoms with Gasteiger partial charge >= 0.3 is 0 Å². The van der Waals surface area contributed by atoms with Crippen molar-refractivity contribution in [3.63, 3.8) is 0 Å². The number of rotatable bonds is 7. The quantitative estimate of drug-likeness (QED) is 0.708. The maximum absolute atomic E-state index is 13.7. The minimum absolute atomic E-state index is 0.00345. The average molecular weight is 404 g/mol. The molecule has 1 saturated carbocycles. The summed E-state index contributed by atoms with van der Waals surface area (Å²) in [6.07, 6.45) is 0.670. The van der Waals surface area contributed by atoms with E-state index in [2.05, 4.69) is 5.32 Å². The fourth-order valence-corrected chi connectivity index (χ4v) is 4.24. The van der Waals surface area contributed by atoms with Crippen molar-refractivity contribution in [2.24, 2.45) is 5.41 Å². The van der Waals surface area contributed by atoms with Crippen molar-refractivity contribution in [3.05, 3.63) is 0 Å². The van der Waals surface area contributed by atoms with Crippen LogP contribution in [0.5, 0.6) is 0 Å². The number of hydrogen-bond acceptors (Lipinski definition) is 4. The van der Waals surface area contributed by atoms with Crippen molar-refractivity contribution in [1.82, 2.24) is 15.1 Å². The molecule has 2 rings (SSSR count). The number of alkyl halides is 2. The second-order valence-electron chi connectivity index (χ2n) is 8.82. The first-order valence-electron chi connectivity index (χ1n) is 10.2. The van der Waals surface area contributed by atoms with Crippen molar-refractivity contribution in [3.8, 4) is 0 Å². The third kappa shape index (κ3) is 5.20. The van der Waals surface area contributed by atoms with Gasteiger partial charge in [0, 0.05) is 52.2 Å². The molecule has 6 nitrogen and oxygen atoms in total. The molecule has 8 heteroatoms. The number of methoxy groups -OCH3 is 1. The Morgan fingerprint density at radius 2 is 1.82 bits per heavy atom. The largest absolute Gasteiger partial charge is 0.384 e. The molecule has 1 N–H and O–H groups in total. The van der Waals surface area contributed by atoms with Gasteiger partial charge in [-0.1, -0.05) is 0 Å². The van der Waals surface area contributed by atoms with E-state index in [1.54, 1.807) is 24.0 Å². The van der Waals surface area contributed by atoms with E-state index in [1.165, 1.54) is 0 Å². The molecule has 0 radical (unpaired) electrons. The van der Waals surface area contributed by atoms with Gasteiger partial charge in [0.05, 0.1) is 18.1 Å². The lowest BCUT2D eigenvalue weighted by molar-refractivity contribution is -0.151. The van der Waals surface area contributed by atoms with E-state index in [9.17, 15) is 18.4 Å². The zero-order valence-corrected chi connectivity index (χ0v) is 17.8. The van der Waals surface area contributed by atoms with Gasteiger partial charge in [0.2, 0.25) is 17.7 Å². The highest BCUT2D eigenvalue weighted by Gasteiger charge is 2.46. The first kappa shape index (κ1) is 23.0. The normalized spacial score (nSPS) is 25.5. The zero-order valence-electron chi connectivity index (χ0n) is 17.8. The fourth-order valence-electron chi connectivity index (χ4n) is 4.24. The first-order chi connectivity index (χ1) is 13.0. The van der Waals surface area contributed by atoms with Crippen LogP contribution in [0.25, 0.3) is 0 Å². The average Bonchev–Trinajstić information content (AvgIpc) is 3.11. The van der Waals surface area contributed by atoms with Gasteiger partial charge in [0.25, 0.3) is 0 Å². The van der Waals surface area contributed by atoms with Gasteiger partial charge in [0.15, 0.2) is 0 Å². The lowest BCUT2D eigenvalue weighted by atomic mass is 9.86. The van der Waals surface area contributed by atoms with Crippen molar-refractivity contribution < 1.29 is 23.1 Å². The Kier molecular flexibility index (Phi) is 7.42. The van der Waals surface area contributed by atoms with Gasteiger partial charge in [-0.05, 0) is 40.0 Å². The summed E-state index contributed by atoms with van der Waals surface area (Å²) in [6.45, 7) is 6.92. The van der Waals surface area contributed by atoms with Crippen LogP contribution in [0.4, 0.5) is 8.78 Å². The van der Waals surface area contributed by atoms with Crippen LogP contribution < -0.4 is 5.32 Å². The molecule has 0 bridgehead atoms. The predicted molar refractivity (Wildman–Crippen MR) is 103 cm³/mol. The summed E-state index contributed by atoms with van der Waals surface area (Å²) in [4.78, 5) is 29.4. The number of ether oxygens (including phenoxy) is 1. The van der Waals surface area contributed by atoms with Crippen molar-refractivity contribution in [1.29, 1.82) is 0 Å². The van der Waals surface area contributed by atoms with Crippen LogP contribution in [0.1, 0.15) is 52.9 Å². The fraction of sp³-hybridized carbons (Fsp3) is 0.900. The molecule has 1 saturated heterocycles. The molecular weight excluding hydrogens is 368 g/mol. The van der Waals surface area contributed by atoms with E-state index in [0.29, 0.717) is 19.5 Å². The summed E-state index contributed by atoms with van der Waals surface area (Å²) in [6, 6.07) is -0.756. The second-order valence-corrected chi connectivity index (χ2v) is 8.82. The molecule has 0 aromatic rings. The number of amides is 2. The molecule has 2 fully saturated rings. The molecule has 162 valence electrons. The van der Waals surface area contributed by atoms with Gasteiger partial charge in [-0.15, -0.1) is 0 Å². The number of likely N-dealkylation sites (N-methyl/N-ethyl adjacent to an activating group) is 1. The molecule has 2 aliphatic rings. The van der Waals surface area contributed by atoms with Gasteiger partial charge < -0.3 is 19.9 Å². The van der Waals surface area contributed by atoms with Crippen LogP contribution in [-0.2, 0) is 14.3 Å². The van der Waals surface area contributed by atoms with E-state index in [0.717, 1.165) is 0 Å². The number of carbonyl (C=O) groups excluding carboxylic acids is 2. The Bertz CT molecular complexity index is 561. The molecule has 0 spiro atoms. The molecule has 1 aliphatic heterocycles. The van der Waals surface area contributed by atoms with E-state index in [-0.39, 0.29) is 62.2 Å². The minimum Gasteiger partial charge on any atom is -0.384 e. The van der Waals surface area contributed by atoms with Crippen LogP contribution >= 0.6 is 0 Å². The summed E-state index contributed by atoms with van der Waals surface area (Å²) in [5.41, 5.74) is -0.753. The Hall–Kier alpha value is -1.28. The molecule has 0 aromatic heterocycles. The summed E-state index contributed by atoms with van der Waals surface area (Å²) in [7, 11) is 3.30. The Morgan fingerprint density at radius 3 is 2.36 bits per heavy atom. The molecule has 1 aliphatic carbocycles. The van der Waals surface area contributed by atoms with E-state index < -0.39 is 11.3 Å². The maximum atomic E-state index is 13.7. The third-order valence-corrected chi connectivity index (χ3v) is 6.05. The van der Waals surface area contributed by atoms with Crippen LogP contribution in [0.15, 0.2) is 0 Å². The number of nitrogens with one attached hydrogen (secondary N) is 1. The van der Waals surface area contributed by atoms with E-state index in [1.807, 2.05) is 20.8 Å². The highest BCUT2D eigenvalue weighted by molar-refractivity contribution is 5.84. The topological polar surface area (TPSA) is 61.9 Å². The van der Waals surface area contributed by atoms with Crippen LogP contribution in [0, 0.1) is 5.41 Å². The smallest absolute Gasteiger partial charge is 0.248 e. The minimum atomic E-state index is -2.65. The lowest BCUT2D eigenvalue weighted by Crippen LogP contribution is -2.55. The van der Waals surface area contributed by atoms with Gasteiger partial charge in [0.1, 0.15) is 0 Å². The highest BCUT2D eigenvalue weighted by atomic mass is 19.3. The van der Waals surface area contributed by atoms with Crippen LogP contribution in [-0.4, -0.2) is 79.5 Å². The van der Waals surface area contributed by atoms with E-state index >= 15 is 0 Å². The van der Waals surface area contributed by atoms with Crippen molar-refractivity contribution in [2.45, 2.75) is 76.9 Å². The van der Waals surface area contributed by atoms with Crippen LogP contribution in [0.3, 0.4) is 0 Å². The predicted octanol–water partition coefficient (Wildman–Crippen LogP) is 2.27. The van der Waals surface area contributed by atoms with Crippen molar-refractivity contribution >= 4 is 11.8 Å². The Balaban J connectivity index is 2.19. The molecular formula is C20H35F2N3O3. The number of nitrogens with zero attached hydrogens (tertiary/aromatic N) is 2. The lowest BCUT2D eigenvalue weighted by Gasteiger charge is -2.43. The SMILES string of the molecule is CCN(C)C(=O)[C@@H]1C[C@H](N(C(=O)C(C)(C)COC)C2CCC(F)(F)CC2)CN1. The number of halogens is 2. The van der Waals surface area contributed by atoms with Crippen molar-refractivity contribution in [2.75, 3.05) is 33.9 Å². The molecule has 2 amide bonds. The van der Waals surface area contributed by atoms with E-state index in [4.69, 9.17) is 4.74 Å². The monoisotopic (exact) mass is 403 g/mol. The summed E-state index contributed by atoms with van der Waals surface area (Å²) in [5, 5.41) is 3.23. The summed E-state index contributed by atoms with van der Waals surface area (Å²) < 4.78 is 32.6.